The molecule has 2 aliphatic rings. The first kappa shape index (κ1) is 21.9. The van der Waals surface area contributed by atoms with Crippen molar-refractivity contribution in [3.05, 3.63) is 54.4 Å². The molecular formula is C20H24N4O5S2. The van der Waals surface area contributed by atoms with E-state index in [4.69, 9.17) is 0 Å². The van der Waals surface area contributed by atoms with Crippen LogP contribution >= 0.6 is 0 Å². The van der Waals surface area contributed by atoms with E-state index < -0.39 is 20.0 Å². The fourth-order valence-corrected chi connectivity index (χ4v) is 6.10. The van der Waals surface area contributed by atoms with Crippen molar-refractivity contribution in [3.8, 4) is 0 Å². The highest BCUT2D eigenvalue weighted by Gasteiger charge is 2.31. The van der Waals surface area contributed by atoms with Gasteiger partial charge < -0.3 is 4.90 Å². The van der Waals surface area contributed by atoms with E-state index in [9.17, 15) is 21.6 Å². The second-order valence-corrected chi connectivity index (χ2v) is 11.3. The van der Waals surface area contributed by atoms with Gasteiger partial charge in [-0.05, 0) is 49.2 Å². The molecule has 2 aromatic rings. The Morgan fingerprint density at radius 2 is 1.58 bits per heavy atom. The lowest BCUT2D eigenvalue weighted by Gasteiger charge is -2.34. The highest BCUT2D eigenvalue weighted by atomic mass is 32.2. The van der Waals surface area contributed by atoms with Crippen LogP contribution in [-0.2, 0) is 31.3 Å². The maximum absolute atomic E-state index is 13.0. The number of pyridine rings is 1. The Labute approximate surface area is 182 Å². The van der Waals surface area contributed by atoms with Crippen molar-refractivity contribution in [3.63, 3.8) is 0 Å². The minimum atomic E-state index is -3.78. The number of piperazine rings is 1. The van der Waals surface area contributed by atoms with Crippen molar-refractivity contribution in [2.45, 2.75) is 35.1 Å². The maximum Gasteiger partial charge on any atom is 0.243 e. The van der Waals surface area contributed by atoms with E-state index >= 15 is 0 Å². The summed E-state index contributed by atoms with van der Waals surface area (Å²) >= 11 is 0. The van der Waals surface area contributed by atoms with Gasteiger partial charge in [-0.2, -0.15) is 4.31 Å². The van der Waals surface area contributed by atoms with E-state index in [0.717, 1.165) is 12.8 Å². The van der Waals surface area contributed by atoms with Crippen molar-refractivity contribution in [1.29, 1.82) is 0 Å². The number of amides is 1. The van der Waals surface area contributed by atoms with Gasteiger partial charge in [0.1, 0.15) is 0 Å². The first-order valence-electron chi connectivity index (χ1n) is 10.1. The molecule has 1 saturated heterocycles. The van der Waals surface area contributed by atoms with Crippen LogP contribution in [0.3, 0.4) is 0 Å². The first-order chi connectivity index (χ1) is 14.8. The van der Waals surface area contributed by atoms with Crippen LogP contribution in [0, 0.1) is 0 Å². The lowest BCUT2D eigenvalue weighted by molar-refractivity contribution is -0.131. The summed E-state index contributed by atoms with van der Waals surface area (Å²) in [6.07, 6.45) is 3.45. The molecule has 0 spiro atoms. The molecule has 1 aliphatic carbocycles. The number of hydrogen-bond acceptors (Lipinski definition) is 6. The number of nitrogens with zero attached hydrogens (tertiary/aromatic N) is 3. The molecule has 4 rings (SSSR count). The summed E-state index contributed by atoms with van der Waals surface area (Å²) < 4.78 is 54.3. The number of carbonyl (C=O) groups excluding carboxylic acids is 1. The molecule has 9 nitrogen and oxygen atoms in total. The summed E-state index contributed by atoms with van der Waals surface area (Å²) in [5, 5.41) is 0. The molecular weight excluding hydrogens is 440 g/mol. The third-order valence-corrected chi connectivity index (χ3v) is 8.77. The SMILES string of the molecule is O=C(Cc1ccccn1)N1CCN(S(=O)(=O)c2ccc(S(=O)(=O)NC3CC3)cc2)CC1. The van der Waals surface area contributed by atoms with Gasteiger partial charge >= 0.3 is 0 Å². The number of benzene rings is 1. The Hall–Kier alpha value is -2.34. The van der Waals surface area contributed by atoms with Crippen LogP contribution in [0.5, 0.6) is 0 Å². The molecule has 1 N–H and O–H groups in total. The van der Waals surface area contributed by atoms with Crippen LogP contribution < -0.4 is 4.72 Å². The monoisotopic (exact) mass is 464 g/mol. The lowest BCUT2D eigenvalue weighted by Crippen LogP contribution is -2.50. The Morgan fingerprint density at radius 1 is 0.935 bits per heavy atom. The van der Waals surface area contributed by atoms with Gasteiger partial charge in [-0.1, -0.05) is 6.07 Å². The van der Waals surface area contributed by atoms with E-state index in [2.05, 4.69) is 9.71 Å². The van der Waals surface area contributed by atoms with Crippen molar-refractivity contribution >= 4 is 26.0 Å². The summed E-state index contributed by atoms with van der Waals surface area (Å²) in [6, 6.07) is 10.6. The van der Waals surface area contributed by atoms with Crippen molar-refractivity contribution < 1.29 is 21.6 Å². The highest BCUT2D eigenvalue weighted by molar-refractivity contribution is 7.89. The van der Waals surface area contributed by atoms with E-state index in [1.165, 1.54) is 28.6 Å². The summed E-state index contributed by atoms with van der Waals surface area (Å²) in [6.45, 7) is 0.949. The molecule has 0 unspecified atom stereocenters. The van der Waals surface area contributed by atoms with Gasteiger partial charge in [-0.3, -0.25) is 9.78 Å². The third kappa shape index (κ3) is 5.12. The fourth-order valence-electron chi connectivity index (χ4n) is 3.38. The number of nitrogens with one attached hydrogen (secondary N) is 1. The summed E-state index contributed by atoms with van der Waals surface area (Å²) in [4.78, 5) is 18.3. The summed E-state index contributed by atoms with van der Waals surface area (Å²) in [7, 11) is -7.41. The van der Waals surface area contributed by atoms with Crippen LogP contribution in [0.15, 0.2) is 58.5 Å². The molecule has 31 heavy (non-hydrogen) atoms. The molecule has 0 atom stereocenters. The Kier molecular flexibility index (Phi) is 6.11. The van der Waals surface area contributed by atoms with Gasteiger partial charge in [0.2, 0.25) is 26.0 Å². The predicted octanol–water partition coefficient (Wildman–Crippen LogP) is 0.598. The van der Waals surface area contributed by atoms with Gasteiger partial charge in [0, 0.05) is 44.1 Å². The van der Waals surface area contributed by atoms with E-state index in [1.54, 1.807) is 23.2 Å². The molecule has 11 heteroatoms. The topological polar surface area (TPSA) is 117 Å². The molecule has 1 saturated carbocycles. The zero-order valence-corrected chi connectivity index (χ0v) is 18.5. The number of hydrogen-bond donors (Lipinski definition) is 1. The molecule has 1 aromatic carbocycles. The zero-order valence-electron chi connectivity index (χ0n) is 16.8. The van der Waals surface area contributed by atoms with Gasteiger partial charge in [0.05, 0.1) is 16.2 Å². The molecule has 2 fully saturated rings. The van der Waals surface area contributed by atoms with Gasteiger partial charge in [0.15, 0.2) is 0 Å². The predicted molar refractivity (Wildman–Crippen MR) is 113 cm³/mol. The van der Waals surface area contributed by atoms with Gasteiger partial charge in [-0.25, -0.2) is 21.6 Å². The number of aromatic nitrogens is 1. The average Bonchev–Trinajstić information content (AvgIpc) is 3.58. The van der Waals surface area contributed by atoms with Gasteiger partial charge in [-0.15, -0.1) is 0 Å². The quantitative estimate of drug-likeness (QED) is 0.641. The van der Waals surface area contributed by atoms with E-state index in [1.807, 2.05) is 6.07 Å². The van der Waals surface area contributed by atoms with Crippen molar-refractivity contribution in [1.82, 2.24) is 18.9 Å². The standard InChI is InChI=1S/C20H24N4O5S2/c25-20(15-17-3-1-2-10-21-17)23-11-13-24(14-12-23)31(28,29)19-8-6-18(7-9-19)30(26,27)22-16-4-5-16/h1-3,6-10,16,22H,4-5,11-15H2. The minimum absolute atomic E-state index is 0.0231. The highest BCUT2D eigenvalue weighted by Crippen LogP contribution is 2.24. The third-order valence-electron chi connectivity index (χ3n) is 5.32. The number of rotatable bonds is 7. The molecule has 166 valence electrons. The fraction of sp³-hybridized carbons (Fsp3) is 0.400. The maximum atomic E-state index is 13.0. The zero-order chi connectivity index (χ0) is 22.1. The summed E-state index contributed by atoms with van der Waals surface area (Å²) in [5.74, 6) is -0.0894. The second-order valence-electron chi connectivity index (χ2n) is 7.65. The first-order valence-corrected chi connectivity index (χ1v) is 13.0. The van der Waals surface area contributed by atoms with Crippen LogP contribution in [0.25, 0.3) is 0 Å². The number of sulfonamides is 2. The molecule has 1 aliphatic heterocycles. The number of carbonyl (C=O) groups is 1. The molecule has 0 bridgehead atoms. The minimum Gasteiger partial charge on any atom is -0.340 e. The Morgan fingerprint density at radius 3 is 2.16 bits per heavy atom. The van der Waals surface area contributed by atoms with Crippen LogP contribution in [0.1, 0.15) is 18.5 Å². The van der Waals surface area contributed by atoms with Crippen LogP contribution in [0.2, 0.25) is 0 Å². The Balaban J connectivity index is 1.38. The smallest absolute Gasteiger partial charge is 0.243 e. The molecule has 0 radical (unpaired) electrons. The normalized spacial score (nSPS) is 18.1. The molecule has 1 aromatic heterocycles. The van der Waals surface area contributed by atoms with E-state index in [-0.39, 0.29) is 41.3 Å². The largest absolute Gasteiger partial charge is 0.340 e. The summed E-state index contributed by atoms with van der Waals surface area (Å²) in [5.41, 5.74) is 0.675. The average molecular weight is 465 g/mol. The Bertz CT molecular complexity index is 1140. The van der Waals surface area contributed by atoms with Gasteiger partial charge in [0.25, 0.3) is 0 Å². The van der Waals surface area contributed by atoms with Crippen LogP contribution in [0.4, 0.5) is 0 Å². The molecule has 2 heterocycles. The van der Waals surface area contributed by atoms with Crippen molar-refractivity contribution in [2.75, 3.05) is 26.2 Å². The van der Waals surface area contributed by atoms with Crippen molar-refractivity contribution in [2.24, 2.45) is 0 Å². The lowest BCUT2D eigenvalue weighted by atomic mass is 10.2. The van der Waals surface area contributed by atoms with E-state index in [0.29, 0.717) is 18.8 Å². The van der Waals surface area contributed by atoms with Crippen LogP contribution in [-0.4, -0.2) is 69.2 Å². The second kappa shape index (κ2) is 8.65. The molecule has 1 amide bonds.